The number of amides is 1. The third kappa shape index (κ3) is 3.02. The average molecular weight is 237 g/mol. The van der Waals surface area contributed by atoms with Crippen LogP contribution < -0.4 is 5.32 Å². The molecule has 0 spiro atoms. The standard InChI is InChI=1S/C15H27NO/c1-14(2,3)11-5-7-12(8-6-11)16-13(17)15(4)9-10-15/h11-12H,5-10H2,1-4H3,(H,16,17). The first-order valence-electron chi connectivity index (χ1n) is 7.12. The van der Waals surface area contributed by atoms with Gasteiger partial charge in [-0.2, -0.15) is 0 Å². The van der Waals surface area contributed by atoms with Crippen molar-refractivity contribution in [2.45, 2.75) is 72.3 Å². The normalized spacial score (nSPS) is 32.0. The van der Waals surface area contributed by atoms with Crippen LogP contribution in [0, 0.1) is 16.7 Å². The quantitative estimate of drug-likeness (QED) is 0.782. The molecule has 2 nitrogen and oxygen atoms in total. The van der Waals surface area contributed by atoms with E-state index >= 15 is 0 Å². The Morgan fingerprint density at radius 3 is 2.06 bits per heavy atom. The molecule has 1 amide bonds. The highest BCUT2D eigenvalue weighted by Crippen LogP contribution is 2.45. The van der Waals surface area contributed by atoms with E-state index in [1.54, 1.807) is 0 Å². The zero-order valence-corrected chi connectivity index (χ0v) is 11.8. The second kappa shape index (κ2) is 4.29. The van der Waals surface area contributed by atoms with Crippen molar-refractivity contribution in [3.05, 3.63) is 0 Å². The van der Waals surface area contributed by atoms with E-state index in [4.69, 9.17) is 0 Å². The van der Waals surface area contributed by atoms with E-state index in [0.717, 1.165) is 18.8 Å². The summed E-state index contributed by atoms with van der Waals surface area (Å²) in [6, 6.07) is 0.443. The summed E-state index contributed by atoms with van der Waals surface area (Å²) in [4.78, 5) is 12.0. The number of hydrogen-bond donors (Lipinski definition) is 1. The van der Waals surface area contributed by atoms with Crippen molar-refractivity contribution in [3.8, 4) is 0 Å². The highest BCUT2D eigenvalue weighted by Gasteiger charge is 2.45. The molecule has 0 radical (unpaired) electrons. The third-order valence-corrected chi connectivity index (χ3v) is 4.84. The van der Waals surface area contributed by atoms with E-state index in [9.17, 15) is 4.79 Å². The molecule has 0 aromatic rings. The Morgan fingerprint density at radius 2 is 1.65 bits per heavy atom. The lowest BCUT2D eigenvalue weighted by molar-refractivity contribution is -0.126. The zero-order valence-electron chi connectivity index (χ0n) is 11.8. The van der Waals surface area contributed by atoms with Crippen molar-refractivity contribution in [1.82, 2.24) is 5.32 Å². The molecule has 1 N–H and O–H groups in total. The first-order chi connectivity index (χ1) is 7.81. The molecule has 0 bridgehead atoms. The largest absolute Gasteiger partial charge is 0.353 e. The van der Waals surface area contributed by atoms with E-state index in [0.29, 0.717) is 17.4 Å². The Labute approximate surface area is 106 Å². The van der Waals surface area contributed by atoms with Gasteiger partial charge in [0.15, 0.2) is 0 Å². The van der Waals surface area contributed by atoms with Gasteiger partial charge in [0.1, 0.15) is 0 Å². The highest BCUT2D eigenvalue weighted by molar-refractivity contribution is 5.85. The van der Waals surface area contributed by atoms with Crippen molar-refractivity contribution in [2.24, 2.45) is 16.7 Å². The lowest BCUT2D eigenvalue weighted by atomic mass is 9.71. The molecule has 0 aromatic carbocycles. The fraction of sp³-hybridized carbons (Fsp3) is 0.933. The van der Waals surface area contributed by atoms with Gasteiger partial charge in [-0.05, 0) is 49.9 Å². The summed E-state index contributed by atoms with van der Waals surface area (Å²) in [6.45, 7) is 9.09. The molecular formula is C15H27NO. The van der Waals surface area contributed by atoms with Crippen LogP contribution in [0.4, 0.5) is 0 Å². The van der Waals surface area contributed by atoms with Crippen LogP contribution in [0.3, 0.4) is 0 Å². The van der Waals surface area contributed by atoms with Gasteiger partial charge in [-0.25, -0.2) is 0 Å². The maximum Gasteiger partial charge on any atom is 0.226 e. The van der Waals surface area contributed by atoms with Crippen LogP contribution in [0.2, 0.25) is 0 Å². The van der Waals surface area contributed by atoms with Crippen LogP contribution in [0.1, 0.15) is 66.2 Å². The topological polar surface area (TPSA) is 29.1 Å². The van der Waals surface area contributed by atoms with Gasteiger partial charge >= 0.3 is 0 Å². The number of rotatable bonds is 2. The van der Waals surface area contributed by atoms with E-state index in [1.165, 1.54) is 25.7 Å². The van der Waals surface area contributed by atoms with E-state index < -0.39 is 0 Å². The molecule has 0 heterocycles. The molecule has 2 aliphatic rings. The second-order valence-corrected chi connectivity index (χ2v) is 7.45. The monoisotopic (exact) mass is 237 g/mol. The van der Waals surface area contributed by atoms with Crippen LogP contribution in [-0.4, -0.2) is 11.9 Å². The van der Waals surface area contributed by atoms with Gasteiger partial charge in [0.05, 0.1) is 0 Å². The molecule has 0 aliphatic heterocycles. The van der Waals surface area contributed by atoms with Crippen molar-refractivity contribution in [3.63, 3.8) is 0 Å². The summed E-state index contributed by atoms with van der Waals surface area (Å²) < 4.78 is 0. The van der Waals surface area contributed by atoms with Crippen LogP contribution in [0.25, 0.3) is 0 Å². The zero-order chi connectivity index (χ0) is 12.7. The highest BCUT2D eigenvalue weighted by atomic mass is 16.2. The lowest BCUT2D eigenvalue weighted by Gasteiger charge is -2.37. The number of nitrogens with one attached hydrogen (secondary N) is 1. The second-order valence-electron chi connectivity index (χ2n) is 7.45. The smallest absolute Gasteiger partial charge is 0.226 e. The molecule has 0 atom stereocenters. The molecule has 2 rings (SSSR count). The maximum atomic E-state index is 12.0. The van der Waals surface area contributed by atoms with Crippen LogP contribution >= 0.6 is 0 Å². The Bertz CT molecular complexity index is 291. The van der Waals surface area contributed by atoms with Crippen molar-refractivity contribution in [2.75, 3.05) is 0 Å². The Morgan fingerprint density at radius 1 is 1.12 bits per heavy atom. The minimum absolute atomic E-state index is 0.0130. The van der Waals surface area contributed by atoms with E-state index in [-0.39, 0.29) is 5.41 Å². The molecule has 0 unspecified atom stereocenters. The molecular weight excluding hydrogens is 210 g/mol. The molecule has 2 fully saturated rings. The van der Waals surface area contributed by atoms with Crippen molar-refractivity contribution < 1.29 is 4.79 Å². The molecule has 0 saturated heterocycles. The summed E-state index contributed by atoms with van der Waals surface area (Å²) in [6.07, 6.45) is 7.04. The molecule has 98 valence electrons. The van der Waals surface area contributed by atoms with Crippen LogP contribution in [0.5, 0.6) is 0 Å². The summed E-state index contributed by atoms with van der Waals surface area (Å²) in [5.74, 6) is 1.13. The number of hydrogen-bond acceptors (Lipinski definition) is 1. The fourth-order valence-corrected chi connectivity index (χ4v) is 2.88. The minimum Gasteiger partial charge on any atom is -0.353 e. The van der Waals surface area contributed by atoms with E-state index in [1.807, 2.05) is 0 Å². The van der Waals surface area contributed by atoms with E-state index in [2.05, 4.69) is 33.0 Å². The van der Waals surface area contributed by atoms with Crippen LogP contribution in [0.15, 0.2) is 0 Å². The third-order valence-electron chi connectivity index (χ3n) is 4.84. The molecule has 2 saturated carbocycles. The fourth-order valence-electron chi connectivity index (χ4n) is 2.88. The minimum atomic E-state index is -0.0130. The Hall–Kier alpha value is -0.530. The van der Waals surface area contributed by atoms with Gasteiger partial charge < -0.3 is 5.32 Å². The van der Waals surface area contributed by atoms with Crippen molar-refractivity contribution in [1.29, 1.82) is 0 Å². The summed E-state index contributed by atoms with van der Waals surface area (Å²) in [7, 11) is 0. The number of carbonyl (C=O) groups excluding carboxylic acids is 1. The van der Waals surface area contributed by atoms with Gasteiger partial charge in [-0.1, -0.05) is 27.7 Å². The van der Waals surface area contributed by atoms with Gasteiger partial charge in [0, 0.05) is 11.5 Å². The molecule has 17 heavy (non-hydrogen) atoms. The summed E-state index contributed by atoms with van der Waals surface area (Å²) in [5, 5.41) is 3.25. The summed E-state index contributed by atoms with van der Waals surface area (Å²) in [5.41, 5.74) is 0.415. The summed E-state index contributed by atoms with van der Waals surface area (Å²) >= 11 is 0. The first-order valence-corrected chi connectivity index (χ1v) is 7.12. The van der Waals surface area contributed by atoms with Crippen LogP contribution in [-0.2, 0) is 4.79 Å². The maximum absolute atomic E-state index is 12.0. The Kier molecular flexibility index (Phi) is 3.26. The number of carbonyl (C=O) groups is 1. The average Bonchev–Trinajstić information content (AvgIpc) is 2.97. The van der Waals surface area contributed by atoms with Gasteiger partial charge in [0.25, 0.3) is 0 Å². The molecule has 0 aromatic heterocycles. The van der Waals surface area contributed by atoms with Gasteiger partial charge in [-0.3, -0.25) is 4.79 Å². The van der Waals surface area contributed by atoms with Gasteiger partial charge in [0.2, 0.25) is 5.91 Å². The Balaban J connectivity index is 1.78. The lowest BCUT2D eigenvalue weighted by Crippen LogP contribution is -2.42. The molecule has 2 heteroatoms. The van der Waals surface area contributed by atoms with Gasteiger partial charge in [-0.15, -0.1) is 0 Å². The molecule has 2 aliphatic carbocycles. The van der Waals surface area contributed by atoms with Crippen molar-refractivity contribution >= 4 is 5.91 Å². The predicted molar refractivity (Wildman–Crippen MR) is 70.7 cm³/mol. The predicted octanol–water partition coefficient (Wildman–Crippen LogP) is 3.51. The SMILES string of the molecule is CC1(C(=O)NC2CCC(C(C)(C)C)CC2)CC1. The first kappa shape index (κ1) is 12.9.